The molecular weight excluding hydrogens is 312 g/mol. The molecule has 0 atom stereocenters. The monoisotopic (exact) mass is 332 g/mol. The second-order valence-corrected chi connectivity index (χ2v) is 7.60. The van der Waals surface area contributed by atoms with E-state index in [0.29, 0.717) is 22.8 Å². The van der Waals surface area contributed by atoms with Gasteiger partial charge >= 0.3 is 0 Å². The van der Waals surface area contributed by atoms with Gasteiger partial charge in [-0.3, -0.25) is 4.79 Å². The van der Waals surface area contributed by atoms with Gasteiger partial charge in [-0.25, -0.2) is 8.42 Å². The van der Waals surface area contributed by atoms with Crippen molar-refractivity contribution in [2.24, 2.45) is 0 Å². The molecule has 5 nitrogen and oxygen atoms in total. The number of benzene rings is 1. The Labute approximate surface area is 130 Å². The zero-order valence-electron chi connectivity index (χ0n) is 12.1. The number of carbonyl (C=O) groups is 1. The van der Waals surface area contributed by atoms with Gasteiger partial charge in [0.1, 0.15) is 0 Å². The van der Waals surface area contributed by atoms with Crippen LogP contribution in [-0.4, -0.2) is 25.8 Å². The van der Waals surface area contributed by atoms with Gasteiger partial charge in [0.2, 0.25) is 5.91 Å². The predicted molar refractivity (Wildman–Crippen MR) is 87.3 cm³/mol. The normalized spacial score (nSPS) is 11.3. The molecule has 0 fully saturated rings. The van der Waals surface area contributed by atoms with Gasteiger partial charge in [0.25, 0.3) is 0 Å². The van der Waals surface area contributed by atoms with E-state index in [1.165, 1.54) is 6.07 Å². The summed E-state index contributed by atoms with van der Waals surface area (Å²) < 4.78 is 23.5. The molecule has 1 aromatic rings. The number of hydrogen-bond donors (Lipinski definition) is 2. The maximum atomic E-state index is 11.7. The molecule has 0 spiro atoms. The number of carbonyl (C=O) groups excluding carboxylic acids is 1. The molecule has 1 amide bonds. The average molecular weight is 333 g/mol. The summed E-state index contributed by atoms with van der Waals surface area (Å²) in [4.78, 5) is 11.7. The number of nitrogen functional groups attached to an aromatic ring is 1. The summed E-state index contributed by atoms with van der Waals surface area (Å²) >= 11 is 5.78. The standard InChI is InChI=1S/C14H21ClN2O3S/c1-2-3-4-8-21(19,20)9-7-14(18)17-11-5-6-12(15)13(16)10-11/h5-6,10H,2-4,7-9,16H2,1H3,(H,17,18). The molecule has 0 heterocycles. The van der Waals surface area contributed by atoms with E-state index in [2.05, 4.69) is 5.32 Å². The van der Waals surface area contributed by atoms with E-state index in [4.69, 9.17) is 17.3 Å². The molecule has 0 aliphatic rings. The number of hydrogen-bond acceptors (Lipinski definition) is 4. The van der Waals surface area contributed by atoms with Gasteiger partial charge in [-0.2, -0.15) is 0 Å². The first kappa shape index (κ1) is 17.8. The van der Waals surface area contributed by atoms with Gasteiger partial charge in [-0.05, 0) is 24.6 Å². The van der Waals surface area contributed by atoms with Crippen LogP contribution in [0.15, 0.2) is 18.2 Å². The van der Waals surface area contributed by atoms with Gasteiger partial charge in [0, 0.05) is 12.1 Å². The van der Waals surface area contributed by atoms with Crippen LogP contribution in [0.25, 0.3) is 0 Å². The van der Waals surface area contributed by atoms with E-state index in [0.717, 1.165) is 12.8 Å². The number of unbranched alkanes of at least 4 members (excludes halogenated alkanes) is 2. The van der Waals surface area contributed by atoms with E-state index in [1.807, 2.05) is 6.92 Å². The minimum Gasteiger partial charge on any atom is -0.397 e. The number of rotatable bonds is 8. The van der Waals surface area contributed by atoms with Crippen molar-refractivity contribution in [1.82, 2.24) is 0 Å². The van der Waals surface area contributed by atoms with Crippen molar-refractivity contribution in [3.05, 3.63) is 23.2 Å². The largest absolute Gasteiger partial charge is 0.397 e. The van der Waals surface area contributed by atoms with Crippen LogP contribution in [0.3, 0.4) is 0 Å². The lowest BCUT2D eigenvalue weighted by Crippen LogP contribution is -2.19. The molecule has 0 aliphatic carbocycles. The fourth-order valence-electron chi connectivity index (χ4n) is 1.77. The molecule has 0 radical (unpaired) electrons. The van der Waals surface area contributed by atoms with E-state index in [-0.39, 0.29) is 23.8 Å². The SMILES string of the molecule is CCCCCS(=O)(=O)CCC(=O)Nc1ccc(Cl)c(N)c1. The Hall–Kier alpha value is -1.27. The number of nitrogens with two attached hydrogens (primary N) is 1. The van der Waals surface area contributed by atoms with Crippen molar-refractivity contribution in [3.63, 3.8) is 0 Å². The predicted octanol–water partition coefficient (Wildman–Crippen LogP) is 2.86. The molecule has 0 aromatic heterocycles. The Kier molecular flexibility index (Phi) is 6.98. The average Bonchev–Trinajstić information content (AvgIpc) is 2.41. The zero-order chi connectivity index (χ0) is 15.9. The lowest BCUT2D eigenvalue weighted by atomic mass is 10.2. The van der Waals surface area contributed by atoms with E-state index >= 15 is 0 Å². The Morgan fingerprint density at radius 3 is 2.62 bits per heavy atom. The minimum atomic E-state index is -3.16. The minimum absolute atomic E-state index is 0.0585. The quantitative estimate of drug-likeness (QED) is 0.566. The van der Waals surface area contributed by atoms with Gasteiger partial charge < -0.3 is 11.1 Å². The molecule has 21 heavy (non-hydrogen) atoms. The summed E-state index contributed by atoms with van der Waals surface area (Å²) in [6.45, 7) is 2.01. The maximum absolute atomic E-state index is 11.7. The van der Waals surface area contributed by atoms with Crippen LogP contribution in [0.1, 0.15) is 32.6 Å². The van der Waals surface area contributed by atoms with Crippen molar-refractivity contribution in [1.29, 1.82) is 0 Å². The van der Waals surface area contributed by atoms with Gasteiger partial charge in [0.15, 0.2) is 9.84 Å². The molecule has 0 saturated heterocycles. The highest BCUT2D eigenvalue weighted by Gasteiger charge is 2.13. The Balaban J connectivity index is 2.45. The molecule has 0 aliphatic heterocycles. The third kappa shape index (κ3) is 6.82. The molecule has 0 bridgehead atoms. The number of nitrogens with one attached hydrogen (secondary N) is 1. The fourth-order valence-corrected chi connectivity index (χ4v) is 3.23. The molecule has 0 unspecified atom stereocenters. The topological polar surface area (TPSA) is 89.3 Å². The summed E-state index contributed by atoms with van der Waals surface area (Å²) in [7, 11) is -3.16. The van der Waals surface area contributed by atoms with Crippen LogP contribution in [0.2, 0.25) is 5.02 Å². The highest BCUT2D eigenvalue weighted by Crippen LogP contribution is 2.22. The van der Waals surface area contributed by atoms with E-state index in [9.17, 15) is 13.2 Å². The Morgan fingerprint density at radius 1 is 1.29 bits per heavy atom. The maximum Gasteiger partial charge on any atom is 0.225 e. The molecular formula is C14H21ClN2O3S. The summed E-state index contributed by atoms with van der Waals surface area (Å²) in [5, 5.41) is 3.02. The fraction of sp³-hybridized carbons (Fsp3) is 0.500. The second-order valence-electron chi connectivity index (χ2n) is 4.89. The van der Waals surface area contributed by atoms with Crippen LogP contribution in [0.5, 0.6) is 0 Å². The lowest BCUT2D eigenvalue weighted by Gasteiger charge is -2.07. The van der Waals surface area contributed by atoms with Crippen molar-refractivity contribution < 1.29 is 13.2 Å². The van der Waals surface area contributed by atoms with Gasteiger partial charge in [-0.15, -0.1) is 0 Å². The first-order valence-corrected chi connectivity index (χ1v) is 9.09. The molecule has 0 saturated carbocycles. The summed E-state index contributed by atoms with van der Waals surface area (Å²) in [5.74, 6) is -0.344. The van der Waals surface area contributed by atoms with Gasteiger partial charge in [0.05, 0.1) is 22.2 Å². The number of sulfone groups is 1. The van der Waals surface area contributed by atoms with Crippen molar-refractivity contribution in [2.75, 3.05) is 22.6 Å². The highest BCUT2D eigenvalue weighted by molar-refractivity contribution is 7.91. The van der Waals surface area contributed by atoms with Crippen LogP contribution < -0.4 is 11.1 Å². The summed E-state index contributed by atoms with van der Waals surface area (Å²) in [5.41, 5.74) is 6.50. The number of halogens is 1. The van der Waals surface area contributed by atoms with Crippen molar-refractivity contribution in [2.45, 2.75) is 32.6 Å². The Morgan fingerprint density at radius 2 is 2.00 bits per heavy atom. The lowest BCUT2D eigenvalue weighted by molar-refractivity contribution is -0.115. The zero-order valence-corrected chi connectivity index (χ0v) is 13.6. The van der Waals surface area contributed by atoms with Crippen molar-refractivity contribution >= 4 is 38.7 Å². The second kappa shape index (κ2) is 8.24. The molecule has 1 aromatic carbocycles. The van der Waals surface area contributed by atoms with Gasteiger partial charge in [-0.1, -0.05) is 31.4 Å². The third-order valence-corrected chi connectivity index (χ3v) is 5.06. The summed E-state index contributed by atoms with van der Waals surface area (Å²) in [6.07, 6.45) is 2.44. The first-order chi connectivity index (χ1) is 9.84. The molecule has 7 heteroatoms. The number of amides is 1. The number of anilines is 2. The molecule has 118 valence electrons. The van der Waals surface area contributed by atoms with Crippen LogP contribution in [0, 0.1) is 0 Å². The van der Waals surface area contributed by atoms with E-state index in [1.54, 1.807) is 12.1 Å². The third-order valence-electron chi connectivity index (χ3n) is 2.98. The van der Waals surface area contributed by atoms with Crippen molar-refractivity contribution in [3.8, 4) is 0 Å². The van der Waals surface area contributed by atoms with Crippen LogP contribution in [0.4, 0.5) is 11.4 Å². The first-order valence-electron chi connectivity index (χ1n) is 6.89. The smallest absolute Gasteiger partial charge is 0.225 e. The molecule has 3 N–H and O–H groups in total. The highest BCUT2D eigenvalue weighted by atomic mass is 35.5. The van der Waals surface area contributed by atoms with Crippen LogP contribution >= 0.6 is 11.6 Å². The summed E-state index contributed by atoms with van der Waals surface area (Å²) in [6, 6.07) is 4.73. The van der Waals surface area contributed by atoms with E-state index < -0.39 is 9.84 Å². The molecule has 1 rings (SSSR count). The van der Waals surface area contributed by atoms with Crippen LogP contribution in [-0.2, 0) is 14.6 Å². The Bertz CT molecular complexity index is 588.